The number of nitrogen functional groups attached to an aromatic ring is 1. The zero-order valence-electron chi connectivity index (χ0n) is 11.1. The van der Waals surface area contributed by atoms with Crippen LogP contribution in [0.5, 0.6) is 0 Å². The molecule has 0 bridgehead atoms. The minimum atomic E-state index is -0.0104. The Morgan fingerprint density at radius 2 is 2.00 bits per heavy atom. The molecule has 0 saturated heterocycles. The summed E-state index contributed by atoms with van der Waals surface area (Å²) >= 11 is 0. The summed E-state index contributed by atoms with van der Waals surface area (Å²) in [6.07, 6.45) is 5.80. The van der Waals surface area contributed by atoms with E-state index in [2.05, 4.69) is 13.8 Å². The van der Waals surface area contributed by atoms with Crippen LogP contribution in [-0.4, -0.2) is 9.36 Å². The lowest BCUT2D eigenvalue weighted by Crippen LogP contribution is -2.25. The standard InChI is InChI=1S/C13H23N3O/c1-4-9(2)16-13(17)11(14)12(15(16)3)10-7-5-6-8-10/h9-10H,4-8,14H2,1-3H3. The molecule has 1 saturated carbocycles. The van der Waals surface area contributed by atoms with Gasteiger partial charge in [0.15, 0.2) is 0 Å². The summed E-state index contributed by atoms with van der Waals surface area (Å²) in [4.78, 5) is 12.2. The lowest BCUT2D eigenvalue weighted by molar-refractivity contribution is 0.389. The average Bonchev–Trinajstić information content (AvgIpc) is 2.88. The Bertz CT molecular complexity index is 452. The maximum absolute atomic E-state index is 12.2. The fourth-order valence-electron chi connectivity index (χ4n) is 3.01. The van der Waals surface area contributed by atoms with E-state index in [1.54, 1.807) is 0 Å². The molecule has 0 aromatic carbocycles. The van der Waals surface area contributed by atoms with Crippen molar-refractivity contribution in [1.82, 2.24) is 9.36 Å². The van der Waals surface area contributed by atoms with E-state index in [1.165, 1.54) is 25.7 Å². The fraction of sp³-hybridized carbons (Fsp3) is 0.769. The van der Waals surface area contributed by atoms with Crippen LogP contribution in [0.4, 0.5) is 5.69 Å². The molecule has 2 N–H and O–H groups in total. The van der Waals surface area contributed by atoms with E-state index >= 15 is 0 Å². The first-order chi connectivity index (χ1) is 8.07. The highest BCUT2D eigenvalue weighted by atomic mass is 16.1. The molecule has 0 aliphatic heterocycles. The van der Waals surface area contributed by atoms with Crippen LogP contribution in [0.2, 0.25) is 0 Å². The first-order valence-electron chi connectivity index (χ1n) is 6.64. The van der Waals surface area contributed by atoms with Crippen LogP contribution in [0.3, 0.4) is 0 Å². The highest BCUT2D eigenvalue weighted by molar-refractivity contribution is 5.44. The maximum atomic E-state index is 12.2. The quantitative estimate of drug-likeness (QED) is 0.877. The normalized spacial score (nSPS) is 18.8. The number of anilines is 1. The fourth-order valence-corrected chi connectivity index (χ4v) is 3.01. The van der Waals surface area contributed by atoms with E-state index < -0.39 is 0 Å². The van der Waals surface area contributed by atoms with Crippen LogP contribution in [0.25, 0.3) is 0 Å². The molecule has 1 aromatic rings. The molecule has 1 heterocycles. The smallest absolute Gasteiger partial charge is 0.290 e. The Morgan fingerprint density at radius 3 is 2.53 bits per heavy atom. The van der Waals surface area contributed by atoms with E-state index in [-0.39, 0.29) is 11.6 Å². The molecule has 0 spiro atoms. The molecule has 0 radical (unpaired) electrons. The number of nitrogens with two attached hydrogens (primary N) is 1. The van der Waals surface area contributed by atoms with Crippen LogP contribution >= 0.6 is 0 Å². The number of rotatable bonds is 3. The second kappa shape index (κ2) is 4.59. The summed E-state index contributed by atoms with van der Waals surface area (Å²) in [7, 11) is 1.97. The van der Waals surface area contributed by atoms with Crippen molar-refractivity contribution < 1.29 is 0 Å². The van der Waals surface area contributed by atoms with E-state index in [0.717, 1.165) is 12.1 Å². The van der Waals surface area contributed by atoms with E-state index in [9.17, 15) is 4.79 Å². The third-order valence-corrected chi connectivity index (χ3v) is 4.14. The van der Waals surface area contributed by atoms with Gasteiger partial charge < -0.3 is 5.73 Å². The van der Waals surface area contributed by atoms with Crippen molar-refractivity contribution in [3.63, 3.8) is 0 Å². The molecule has 1 aromatic heterocycles. The van der Waals surface area contributed by atoms with Crippen LogP contribution < -0.4 is 11.3 Å². The van der Waals surface area contributed by atoms with Gasteiger partial charge in [0.2, 0.25) is 0 Å². The van der Waals surface area contributed by atoms with Crippen molar-refractivity contribution in [1.29, 1.82) is 0 Å². The van der Waals surface area contributed by atoms with Gasteiger partial charge in [-0.25, -0.2) is 4.68 Å². The van der Waals surface area contributed by atoms with Crippen LogP contribution in [0.1, 0.15) is 63.6 Å². The number of hydrogen-bond acceptors (Lipinski definition) is 2. The average molecular weight is 237 g/mol. The summed E-state index contributed by atoms with van der Waals surface area (Å²) in [5, 5.41) is 0. The first kappa shape index (κ1) is 12.3. The summed E-state index contributed by atoms with van der Waals surface area (Å²) in [5.41, 5.74) is 7.55. The van der Waals surface area contributed by atoms with Gasteiger partial charge in [-0.2, -0.15) is 0 Å². The van der Waals surface area contributed by atoms with Gasteiger partial charge in [0.25, 0.3) is 5.56 Å². The second-order valence-electron chi connectivity index (χ2n) is 5.21. The Kier molecular flexibility index (Phi) is 3.31. The van der Waals surface area contributed by atoms with E-state index in [0.29, 0.717) is 11.6 Å². The molecule has 96 valence electrons. The topological polar surface area (TPSA) is 52.9 Å². The SMILES string of the molecule is CCC(C)n1c(=O)c(N)c(C2CCCC2)n1C. The van der Waals surface area contributed by atoms with Gasteiger partial charge in [0, 0.05) is 13.0 Å². The third kappa shape index (κ3) is 1.90. The van der Waals surface area contributed by atoms with Crippen LogP contribution in [-0.2, 0) is 7.05 Å². The van der Waals surface area contributed by atoms with Crippen molar-refractivity contribution in [3.8, 4) is 0 Å². The van der Waals surface area contributed by atoms with Gasteiger partial charge >= 0.3 is 0 Å². The molecule has 1 atom stereocenters. The Morgan fingerprint density at radius 1 is 1.41 bits per heavy atom. The summed E-state index contributed by atoms with van der Waals surface area (Å²) in [6, 6.07) is 0.213. The van der Waals surface area contributed by atoms with E-state index in [1.807, 2.05) is 16.4 Å². The van der Waals surface area contributed by atoms with Crippen molar-refractivity contribution in [2.75, 3.05) is 5.73 Å². The van der Waals surface area contributed by atoms with Gasteiger partial charge in [-0.1, -0.05) is 19.8 Å². The van der Waals surface area contributed by atoms with Crippen molar-refractivity contribution >= 4 is 5.69 Å². The number of aromatic nitrogens is 2. The third-order valence-electron chi connectivity index (χ3n) is 4.14. The molecule has 1 aliphatic rings. The van der Waals surface area contributed by atoms with Gasteiger partial charge in [-0.15, -0.1) is 0 Å². The van der Waals surface area contributed by atoms with Crippen molar-refractivity contribution in [2.24, 2.45) is 7.05 Å². The van der Waals surface area contributed by atoms with Crippen LogP contribution in [0, 0.1) is 0 Å². The minimum absolute atomic E-state index is 0.0104. The molecule has 17 heavy (non-hydrogen) atoms. The molecule has 1 fully saturated rings. The predicted octanol–water partition coefficient (Wildman–Crippen LogP) is 2.40. The Balaban J connectivity index is 2.50. The molecule has 1 aliphatic carbocycles. The summed E-state index contributed by atoms with van der Waals surface area (Å²) in [6.45, 7) is 4.16. The number of hydrogen-bond donors (Lipinski definition) is 1. The lowest BCUT2D eigenvalue weighted by atomic mass is 10.0. The summed E-state index contributed by atoms with van der Waals surface area (Å²) < 4.78 is 3.81. The minimum Gasteiger partial charge on any atom is -0.393 e. The first-order valence-corrected chi connectivity index (χ1v) is 6.64. The Labute approximate surface area is 102 Å². The largest absolute Gasteiger partial charge is 0.393 e. The van der Waals surface area contributed by atoms with E-state index in [4.69, 9.17) is 5.73 Å². The van der Waals surface area contributed by atoms with Gasteiger partial charge in [0.05, 0.1) is 11.7 Å². The molecule has 4 heteroatoms. The monoisotopic (exact) mass is 237 g/mol. The van der Waals surface area contributed by atoms with Gasteiger partial charge in [0.1, 0.15) is 5.69 Å². The molecule has 4 nitrogen and oxygen atoms in total. The zero-order valence-corrected chi connectivity index (χ0v) is 11.1. The van der Waals surface area contributed by atoms with Crippen molar-refractivity contribution in [3.05, 3.63) is 16.0 Å². The highest BCUT2D eigenvalue weighted by Crippen LogP contribution is 2.36. The Hall–Kier alpha value is -1.19. The van der Waals surface area contributed by atoms with Gasteiger partial charge in [-0.3, -0.25) is 9.48 Å². The molecule has 2 rings (SSSR count). The highest BCUT2D eigenvalue weighted by Gasteiger charge is 2.26. The number of nitrogens with zero attached hydrogens (tertiary/aromatic N) is 2. The van der Waals surface area contributed by atoms with Crippen LogP contribution in [0.15, 0.2) is 4.79 Å². The predicted molar refractivity (Wildman–Crippen MR) is 70.3 cm³/mol. The zero-order chi connectivity index (χ0) is 12.6. The second-order valence-corrected chi connectivity index (χ2v) is 5.21. The van der Waals surface area contributed by atoms with Crippen molar-refractivity contribution in [2.45, 2.75) is 57.9 Å². The molecule has 1 unspecified atom stereocenters. The lowest BCUT2D eigenvalue weighted by Gasteiger charge is -2.17. The molecule has 0 amide bonds. The maximum Gasteiger partial charge on any atom is 0.290 e. The summed E-state index contributed by atoms with van der Waals surface area (Å²) in [5.74, 6) is 0.484. The molecular weight excluding hydrogens is 214 g/mol. The molecular formula is C13H23N3O. The van der Waals surface area contributed by atoms with Gasteiger partial charge in [-0.05, 0) is 26.2 Å².